The van der Waals surface area contributed by atoms with Crippen LogP contribution >= 0.6 is 0 Å². The third kappa shape index (κ3) is 3.21. The maximum atomic E-state index is 5.66. The van der Waals surface area contributed by atoms with Gasteiger partial charge in [-0.3, -0.25) is 0 Å². The average molecular weight is 244 g/mol. The van der Waals surface area contributed by atoms with Gasteiger partial charge in [-0.15, -0.1) is 0 Å². The molecule has 1 aromatic heterocycles. The van der Waals surface area contributed by atoms with Gasteiger partial charge in [0.2, 0.25) is 5.88 Å². The van der Waals surface area contributed by atoms with Crippen LogP contribution in [-0.2, 0) is 6.54 Å². The smallest absolute Gasteiger partial charge is 0.219 e. The third-order valence-corrected chi connectivity index (χ3v) is 2.33. The third-order valence-electron chi connectivity index (χ3n) is 2.33. The molecule has 4 nitrogen and oxygen atoms in total. The van der Waals surface area contributed by atoms with Gasteiger partial charge in [0.25, 0.3) is 0 Å². The molecule has 0 aliphatic rings. The summed E-state index contributed by atoms with van der Waals surface area (Å²) in [5.41, 5.74) is 6.34. The zero-order valence-electron chi connectivity index (χ0n) is 10.3. The number of nitrogens with two attached hydrogens (primary N) is 1. The van der Waals surface area contributed by atoms with E-state index in [1.54, 1.807) is 6.07 Å². The molecule has 1 aromatic carbocycles. The fourth-order valence-corrected chi connectivity index (χ4v) is 1.54. The highest BCUT2D eigenvalue weighted by Gasteiger charge is 2.01. The predicted molar refractivity (Wildman–Crippen MR) is 69.8 cm³/mol. The van der Waals surface area contributed by atoms with Gasteiger partial charge >= 0.3 is 0 Å². The second-order valence-electron chi connectivity index (χ2n) is 3.68. The summed E-state index contributed by atoms with van der Waals surface area (Å²) < 4.78 is 11.1. The molecule has 0 saturated carbocycles. The SMILES string of the molecule is CCOc1cccc(Oc2cccc(CN)n2)c1. The van der Waals surface area contributed by atoms with E-state index in [1.807, 2.05) is 43.3 Å². The summed E-state index contributed by atoms with van der Waals surface area (Å²) in [6.45, 7) is 2.97. The monoisotopic (exact) mass is 244 g/mol. The molecule has 1 heterocycles. The maximum Gasteiger partial charge on any atom is 0.219 e. The Morgan fingerprint density at radius 1 is 1.11 bits per heavy atom. The van der Waals surface area contributed by atoms with E-state index in [9.17, 15) is 0 Å². The van der Waals surface area contributed by atoms with Gasteiger partial charge in [-0.1, -0.05) is 12.1 Å². The lowest BCUT2D eigenvalue weighted by Crippen LogP contribution is -2.00. The number of benzene rings is 1. The highest BCUT2D eigenvalue weighted by molar-refractivity contribution is 5.35. The summed E-state index contributed by atoms with van der Waals surface area (Å²) in [6, 6.07) is 13.0. The van der Waals surface area contributed by atoms with E-state index in [2.05, 4.69) is 4.98 Å². The summed E-state index contributed by atoms with van der Waals surface area (Å²) in [7, 11) is 0. The highest BCUT2D eigenvalue weighted by Crippen LogP contribution is 2.24. The first-order valence-corrected chi connectivity index (χ1v) is 5.88. The van der Waals surface area contributed by atoms with Crippen molar-refractivity contribution in [1.29, 1.82) is 0 Å². The van der Waals surface area contributed by atoms with E-state index in [1.165, 1.54) is 0 Å². The normalized spacial score (nSPS) is 10.1. The Morgan fingerprint density at radius 2 is 1.89 bits per heavy atom. The first-order chi connectivity index (χ1) is 8.81. The predicted octanol–water partition coefficient (Wildman–Crippen LogP) is 2.73. The molecule has 4 heteroatoms. The van der Waals surface area contributed by atoms with Crippen molar-refractivity contribution in [3.63, 3.8) is 0 Å². The minimum atomic E-state index is 0.399. The first kappa shape index (κ1) is 12.4. The van der Waals surface area contributed by atoms with Gasteiger partial charge in [0, 0.05) is 18.7 Å². The molecule has 2 rings (SSSR count). The Balaban J connectivity index is 2.14. The van der Waals surface area contributed by atoms with Crippen LogP contribution in [0.2, 0.25) is 0 Å². The summed E-state index contributed by atoms with van der Waals surface area (Å²) in [5, 5.41) is 0. The molecule has 0 fully saturated rings. The van der Waals surface area contributed by atoms with E-state index >= 15 is 0 Å². The highest BCUT2D eigenvalue weighted by atomic mass is 16.5. The molecule has 0 saturated heterocycles. The first-order valence-electron chi connectivity index (χ1n) is 5.88. The largest absolute Gasteiger partial charge is 0.494 e. The second-order valence-corrected chi connectivity index (χ2v) is 3.68. The molecule has 0 amide bonds. The van der Waals surface area contributed by atoms with Crippen LogP contribution in [0.15, 0.2) is 42.5 Å². The van der Waals surface area contributed by atoms with Crippen LogP contribution in [0.25, 0.3) is 0 Å². The van der Waals surface area contributed by atoms with Crippen molar-refractivity contribution in [1.82, 2.24) is 4.98 Å². The van der Waals surface area contributed by atoms with Crippen molar-refractivity contribution in [3.05, 3.63) is 48.2 Å². The fourth-order valence-electron chi connectivity index (χ4n) is 1.54. The van der Waals surface area contributed by atoms with Crippen molar-refractivity contribution >= 4 is 0 Å². The molecule has 0 radical (unpaired) electrons. The molecular weight excluding hydrogens is 228 g/mol. The Labute approximate surface area is 106 Å². The van der Waals surface area contributed by atoms with E-state index < -0.39 is 0 Å². The number of rotatable bonds is 5. The lowest BCUT2D eigenvalue weighted by atomic mass is 10.3. The van der Waals surface area contributed by atoms with Crippen LogP contribution < -0.4 is 15.2 Å². The number of nitrogens with zero attached hydrogens (tertiary/aromatic N) is 1. The maximum absolute atomic E-state index is 5.66. The average Bonchev–Trinajstić information content (AvgIpc) is 2.40. The van der Waals surface area contributed by atoms with Crippen molar-refractivity contribution in [2.45, 2.75) is 13.5 Å². The molecule has 0 aliphatic heterocycles. The van der Waals surface area contributed by atoms with Crippen molar-refractivity contribution < 1.29 is 9.47 Å². The van der Waals surface area contributed by atoms with Gasteiger partial charge in [-0.05, 0) is 25.1 Å². The summed E-state index contributed by atoms with van der Waals surface area (Å²) in [6.07, 6.45) is 0. The summed E-state index contributed by atoms with van der Waals surface area (Å²) >= 11 is 0. The molecule has 0 spiro atoms. The molecule has 0 aliphatic carbocycles. The van der Waals surface area contributed by atoms with Crippen LogP contribution in [0.3, 0.4) is 0 Å². The quantitative estimate of drug-likeness (QED) is 0.878. The van der Waals surface area contributed by atoms with Crippen LogP contribution in [0, 0.1) is 0 Å². The molecule has 94 valence electrons. The van der Waals surface area contributed by atoms with Gasteiger partial charge in [-0.25, -0.2) is 4.98 Å². The number of hydrogen-bond acceptors (Lipinski definition) is 4. The van der Waals surface area contributed by atoms with E-state index in [4.69, 9.17) is 15.2 Å². The minimum absolute atomic E-state index is 0.399. The topological polar surface area (TPSA) is 57.4 Å². The minimum Gasteiger partial charge on any atom is -0.494 e. The van der Waals surface area contributed by atoms with E-state index in [-0.39, 0.29) is 0 Å². The summed E-state index contributed by atoms with van der Waals surface area (Å²) in [5.74, 6) is 2.01. The Kier molecular flexibility index (Phi) is 4.15. The van der Waals surface area contributed by atoms with Crippen molar-refractivity contribution in [3.8, 4) is 17.4 Å². The lowest BCUT2D eigenvalue weighted by molar-refractivity contribution is 0.338. The standard InChI is InChI=1S/C14H16N2O2/c1-2-17-12-6-4-7-13(9-12)18-14-8-3-5-11(10-15)16-14/h3-9H,2,10,15H2,1H3. The van der Waals surface area contributed by atoms with Gasteiger partial charge in [-0.2, -0.15) is 0 Å². The second kappa shape index (κ2) is 6.02. The van der Waals surface area contributed by atoms with Crippen LogP contribution in [0.4, 0.5) is 0 Å². The zero-order chi connectivity index (χ0) is 12.8. The molecule has 18 heavy (non-hydrogen) atoms. The van der Waals surface area contributed by atoms with Crippen molar-refractivity contribution in [2.24, 2.45) is 5.73 Å². The van der Waals surface area contributed by atoms with Gasteiger partial charge < -0.3 is 15.2 Å². The van der Waals surface area contributed by atoms with Gasteiger partial charge in [0.15, 0.2) is 0 Å². The molecule has 2 aromatic rings. The molecule has 0 bridgehead atoms. The van der Waals surface area contributed by atoms with Crippen LogP contribution in [0.5, 0.6) is 17.4 Å². The Morgan fingerprint density at radius 3 is 2.67 bits per heavy atom. The molecule has 2 N–H and O–H groups in total. The van der Waals surface area contributed by atoms with Crippen LogP contribution in [0.1, 0.15) is 12.6 Å². The van der Waals surface area contributed by atoms with Crippen LogP contribution in [-0.4, -0.2) is 11.6 Å². The lowest BCUT2D eigenvalue weighted by Gasteiger charge is -2.08. The molecular formula is C14H16N2O2. The zero-order valence-corrected chi connectivity index (χ0v) is 10.3. The number of hydrogen-bond donors (Lipinski definition) is 1. The summed E-state index contributed by atoms with van der Waals surface area (Å²) in [4.78, 5) is 4.27. The molecule has 0 unspecified atom stereocenters. The van der Waals surface area contributed by atoms with Gasteiger partial charge in [0.05, 0.1) is 12.3 Å². The van der Waals surface area contributed by atoms with Gasteiger partial charge in [0.1, 0.15) is 11.5 Å². The fraction of sp³-hybridized carbons (Fsp3) is 0.214. The van der Waals surface area contributed by atoms with Crippen molar-refractivity contribution in [2.75, 3.05) is 6.61 Å². The van der Waals surface area contributed by atoms with E-state index in [0.717, 1.165) is 11.4 Å². The Hall–Kier alpha value is -2.07. The van der Waals surface area contributed by atoms with E-state index in [0.29, 0.717) is 24.8 Å². The number of aromatic nitrogens is 1. The number of pyridine rings is 1. The Bertz CT molecular complexity index is 515. The number of ether oxygens (including phenoxy) is 2. The molecule has 0 atom stereocenters.